The van der Waals surface area contributed by atoms with Crippen LogP contribution < -0.4 is 0 Å². The first-order chi connectivity index (χ1) is 11.4. The zero-order valence-corrected chi connectivity index (χ0v) is 14.2. The van der Waals surface area contributed by atoms with Gasteiger partial charge in [0.15, 0.2) is 0 Å². The summed E-state index contributed by atoms with van der Waals surface area (Å²) < 4.78 is 13.1. The lowest BCUT2D eigenvalue weighted by atomic mass is 10.1. The molecule has 1 aromatic carbocycles. The predicted octanol–water partition coefficient (Wildman–Crippen LogP) is 1.93. The number of carbonyl (C=O) groups is 2. The van der Waals surface area contributed by atoms with Crippen LogP contribution in [0.5, 0.6) is 0 Å². The van der Waals surface area contributed by atoms with E-state index in [4.69, 9.17) is 16.7 Å². The van der Waals surface area contributed by atoms with E-state index in [1.165, 1.54) is 29.2 Å². The van der Waals surface area contributed by atoms with Crippen LogP contribution in [0.15, 0.2) is 24.3 Å². The van der Waals surface area contributed by atoms with E-state index in [2.05, 4.69) is 0 Å². The largest absolute Gasteiger partial charge is 0.396 e. The summed E-state index contributed by atoms with van der Waals surface area (Å²) in [6, 6.07) is 3.64. The van der Waals surface area contributed by atoms with Crippen LogP contribution in [0.4, 0.5) is 4.39 Å². The third-order valence-electron chi connectivity index (χ3n) is 3.98. The Kier molecular flexibility index (Phi) is 6.34. The topological polar surface area (TPSA) is 60.9 Å². The smallest absolute Gasteiger partial charge is 0.247 e. The first-order valence-electron chi connectivity index (χ1n) is 7.77. The number of amides is 2. The third-order valence-corrected chi connectivity index (χ3v) is 4.27. The minimum absolute atomic E-state index is 0.00866. The van der Waals surface area contributed by atoms with Crippen LogP contribution in [0.2, 0.25) is 5.02 Å². The Morgan fingerprint density at radius 3 is 2.88 bits per heavy atom. The molecule has 2 rings (SSSR count). The SMILES string of the molecule is C[C@H]1C(=O)N(CCCO)CCN1C(=O)C=Cc1ccc(F)c(Cl)c1. The highest BCUT2D eigenvalue weighted by atomic mass is 35.5. The average Bonchev–Trinajstić information content (AvgIpc) is 2.57. The molecule has 0 spiro atoms. The molecule has 0 aromatic heterocycles. The van der Waals surface area contributed by atoms with E-state index in [-0.39, 0.29) is 23.4 Å². The van der Waals surface area contributed by atoms with Gasteiger partial charge in [0.1, 0.15) is 11.9 Å². The van der Waals surface area contributed by atoms with E-state index >= 15 is 0 Å². The minimum Gasteiger partial charge on any atom is -0.396 e. The van der Waals surface area contributed by atoms with Crippen molar-refractivity contribution in [1.29, 1.82) is 0 Å². The van der Waals surface area contributed by atoms with Gasteiger partial charge in [-0.15, -0.1) is 0 Å². The molecule has 7 heteroatoms. The molecular weight excluding hydrogens is 335 g/mol. The molecular formula is C17H20ClFN2O3. The maximum Gasteiger partial charge on any atom is 0.247 e. The zero-order chi connectivity index (χ0) is 17.7. The number of halogens is 2. The minimum atomic E-state index is -0.550. The molecule has 0 unspecified atom stereocenters. The molecule has 24 heavy (non-hydrogen) atoms. The van der Waals surface area contributed by atoms with Gasteiger partial charge in [0.2, 0.25) is 11.8 Å². The first kappa shape index (κ1) is 18.4. The summed E-state index contributed by atoms with van der Waals surface area (Å²) in [5.41, 5.74) is 0.607. The molecule has 1 heterocycles. The molecule has 0 saturated carbocycles. The highest BCUT2D eigenvalue weighted by Gasteiger charge is 2.32. The zero-order valence-electron chi connectivity index (χ0n) is 13.4. The molecule has 1 N–H and O–H groups in total. The molecule has 0 bridgehead atoms. The highest BCUT2D eigenvalue weighted by molar-refractivity contribution is 6.30. The lowest BCUT2D eigenvalue weighted by molar-refractivity contribution is -0.148. The van der Waals surface area contributed by atoms with Crippen LogP contribution in [0, 0.1) is 5.82 Å². The van der Waals surface area contributed by atoms with Gasteiger partial charge in [-0.2, -0.15) is 0 Å². The van der Waals surface area contributed by atoms with Crippen LogP contribution >= 0.6 is 11.6 Å². The molecule has 1 saturated heterocycles. The number of nitrogens with zero attached hydrogens (tertiary/aromatic N) is 2. The van der Waals surface area contributed by atoms with E-state index in [9.17, 15) is 14.0 Å². The lowest BCUT2D eigenvalue weighted by Crippen LogP contribution is -2.57. The summed E-state index contributed by atoms with van der Waals surface area (Å²) in [6.07, 6.45) is 3.43. The quantitative estimate of drug-likeness (QED) is 0.822. The average molecular weight is 355 g/mol. The van der Waals surface area contributed by atoms with Gasteiger partial charge in [-0.25, -0.2) is 4.39 Å². The number of aliphatic hydroxyl groups excluding tert-OH is 1. The second-order valence-electron chi connectivity index (χ2n) is 5.62. The number of piperazine rings is 1. The molecule has 1 aromatic rings. The maximum absolute atomic E-state index is 13.1. The summed E-state index contributed by atoms with van der Waals surface area (Å²) in [5, 5.41) is 8.85. The molecule has 1 aliphatic heterocycles. The number of aliphatic hydroxyl groups is 1. The first-order valence-corrected chi connectivity index (χ1v) is 8.15. The third kappa shape index (κ3) is 4.33. The number of rotatable bonds is 5. The summed E-state index contributed by atoms with van der Waals surface area (Å²) in [5.74, 6) is -0.919. The molecule has 2 amide bonds. The molecule has 0 radical (unpaired) electrons. The fourth-order valence-electron chi connectivity index (χ4n) is 2.59. The van der Waals surface area contributed by atoms with Gasteiger partial charge < -0.3 is 14.9 Å². The second-order valence-corrected chi connectivity index (χ2v) is 6.02. The lowest BCUT2D eigenvalue weighted by Gasteiger charge is -2.38. The van der Waals surface area contributed by atoms with Crippen molar-refractivity contribution in [3.63, 3.8) is 0 Å². The van der Waals surface area contributed by atoms with Gasteiger partial charge in [-0.1, -0.05) is 17.7 Å². The van der Waals surface area contributed by atoms with E-state index < -0.39 is 11.9 Å². The van der Waals surface area contributed by atoms with Crippen molar-refractivity contribution in [2.45, 2.75) is 19.4 Å². The van der Waals surface area contributed by atoms with Gasteiger partial charge in [0.25, 0.3) is 0 Å². The molecule has 5 nitrogen and oxygen atoms in total. The Hall–Kier alpha value is -1.92. The van der Waals surface area contributed by atoms with Crippen molar-refractivity contribution < 1.29 is 19.1 Å². The maximum atomic E-state index is 13.1. The fourth-order valence-corrected chi connectivity index (χ4v) is 2.78. The van der Waals surface area contributed by atoms with Crippen LogP contribution in [0.3, 0.4) is 0 Å². The summed E-state index contributed by atoms with van der Waals surface area (Å²) in [6.45, 7) is 3.10. The van der Waals surface area contributed by atoms with Crippen LogP contribution in [-0.4, -0.2) is 59.0 Å². The fraction of sp³-hybridized carbons (Fsp3) is 0.412. The van der Waals surface area contributed by atoms with Gasteiger partial charge in [0.05, 0.1) is 5.02 Å². The number of benzene rings is 1. The van der Waals surface area contributed by atoms with Gasteiger partial charge >= 0.3 is 0 Å². The van der Waals surface area contributed by atoms with Crippen LogP contribution in [-0.2, 0) is 9.59 Å². The van der Waals surface area contributed by atoms with E-state index in [1.54, 1.807) is 17.9 Å². The number of carbonyl (C=O) groups excluding carboxylic acids is 2. The van der Waals surface area contributed by atoms with E-state index in [0.717, 1.165) is 0 Å². The highest BCUT2D eigenvalue weighted by Crippen LogP contribution is 2.17. The number of hydrogen-bond acceptors (Lipinski definition) is 3. The standard InChI is InChI=1S/C17H20ClFN2O3/c1-12-17(24)20(7-2-10-22)8-9-21(12)16(23)6-4-13-3-5-15(19)14(18)11-13/h3-6,11-12,22H,2,7-10H2,1H3/t12-/m0/s1. The summed E-state index contributed by atoms with van der Waals surface area (Å²) >= 11 is 5.71. The summed E-state index contributed by atoms with van der Waals surface area (Å²) in [7, 11) is 0. The van der Waals surface area contributed by atoms with Crippen molar-refractivity contribution in [3.05, 3.63) is 40.7 Å². The molecule has 0 aliphatic carbocycles. The monoisotopic (exact) mass is 354 g/mol. The van der Waals surface area contributed by atoms with Gasteiger partial charge in [0, 0.05) is 32.3 Å². The Balaban J connectivity index is 2.01. The Morgan fingerprint density at radius 1 is 1.46 bits per heavy atom. The molecule has 1 aliphatic rings. The normalized spacial score (nSPS) is 18.5. The van der Waals surface area contributed by atoms with Crippen LogP contribution in [0.1, 0.15) is 18.9 Å². The van der Waals surface area contributed by atoms with Crippen molar-refractivity contribution in [2.75, 3.05) is 26.2 Å². The predicted molar refractivity (Wildman–Crippen MR) is 89.9 cm³/mol. The summed E-state index contributed by atoms with van der Waals surface area (Å²) in [4.78, 5) is 27.8. The van der Waals surface area contributed by atoms with E-state index in [1.807, 2.05) is 0 Å². The van der Waals surface area contributed by atoms with Gasteiger partial charge in [-0.3, -0.25) is 9.59 Å². The molecule has 130 valence electrons. The second kappa shape index (κ2) is 8.26. The van der Waals surface area contributed by atoms with Crippen molar-refractivity contribution in [1.82, 2.24) is 9.80 Å². The molecule has 1 atom stereocenters. The Bertz CT molecular complexity index is 651. The van der Waals surface area contributed by atoms with Crippen molar-refractivity contribution in [3.8, 4) is 0 Å². The van der Waals surface area contributed by atoms with Gasteiger partial charge in [-0.05, 0) is 37.1 Å². The van der Waals surface area contributed by atoms with E-state index in [0.29, 0.717) is 31.6 Å². The van der Waals surface area contributed by atoms with Crippen molar-refractivity contribution in [2.24, 2.45) is 0 Å². The number of hydrogen-bond donors (Lipinski definition) is 1. The Labute approximate surface area is 145 Å². The van der Waals surface area contributed by atoms with Crippen molar-refractivity contribution >= 4 is 29.5 Å². The Morgan fingerprint density at radius 2 is 2.21 bits per heavy atom. The molecule has 1 fully saturated rings. The van der Waals surface area contributed by atoms with Crippen LogP contribution in [0.25, 0.3) is 6.08 Å².